The van der Waals surface area contributed by atoms with E-state index in [4.69, 9.17) is 14.2 Å². The molecule has 1 amide bonds. The van der Waals surface area contributed by atoms with Crippen LogP contribution in [0.5, 0.6) is 0 Å². The summed E-state index contributed by atoms with van der Waals surface area (Å²) in [6.07, 6.45) is 1.49. The zero-order chi connectivity index (χ0) is 18.8. The minimum atomic E-state index is -0.213. The highest BCUT2D eigenvalue weighted by atomic mass is 32.1. The van der Waals surface area contributed by atoms with Crippen molar-refractivity contribution in [1.82, 2.24) is 15.0 Å². The lowest BCUT2D eigenvalue weighted by Gasteiger charge is -2.28. The quantitative estimate of drug-likeness (QED) is 0.671. The highest BCUT2D eigenvalue weighted by Crippen LogP contribution is 2.33. The van der Waals surface area contributed by atoms with Crippen LogP contribution in [0.15, 0.2) is 28.9 Å². The number of amides is 1. The van der Waals surface area contributed by atoms with Crippen LogP contribution in [-0.2, 0) is 4.74 Å². The minimum absolute atomic E-state index is 0.213. The number of thiazole rings is 1. The molecule has 1 saturated heterocycles. The number of anilines is 1. The van der Waals surface area contributed by atoms with E-state index in [2.05, 4.69) is 29.1 Å². The maximum atomic E-state index is 13.0. The molecule has 0 aliphatic carbocycles. The fourth-order valence-electron chi connectivity index (χ4n) is 3.17. The molecule has 1 aromatic carbocycles. The molecule has 27 heavy (non-hydrogen) atoms. The minimum Gasteiger partial charge on any atom is -0.379 e. The lowest BCUT2D eigenvalue weighted by Crippen LogP contribution is -2.43. The summed E-state index contributed by atoms with van der Waals surface area (Å²) in [7, 11) is 0. The Bertz CT molecular complexity index is 893. The SMILES string of the molecule is Cc1ccc(C)c2sc(N(CCN3CCOCC3)C(=O)c3ccno3)nc12. The number of rotatable bonds is 5. The zero-order valence-corrected chi connectivity index (χ0v) is 16.3. The number of fused-ring (bicyclic) bond motifs is 1. The first-order valence-electron chi connectivity index (χ1n) is 9.03. The molecule has 1 aliphatic rings. The van der Waals surface area contributed by atoms with Crippen molar-refractivity contribution >= 4 is 32.6 Å². The van der Waals surface area contributed by atoms with Gasteiger partial charge in [-0.3, -0.25) is 14.6 Å². The highest BCUT2D eigenvalue weighted by Gasteiger charge is 2.25. The molecule has 3 aromatic rings. The number of aryl methyl sites for hydroxylation is 2. The number of carbonyl (C=O) groups is 1. The van der Waals surface area contributed by atoms with E-state index >= 15 is 0 Å². The van der Waals surface area contributed by atoms with E-state index < -0.39 is 0 Å². The molecule has 0 atom stereocenters. The van der Waals surface area contributed by atoms with Gasteiger partial charge in [0.25, 0.3) is 5.91 Å². The molecule has 3 heterocycles. The third kappa shape index (κ3) is 3.73. The Hall–Kier alpha value is -2.29. The maximum Gasteiger partial charge on any atom is 0.298 e. The third-order valence-electron chi connectivity index (χ3n) is 4.80. The van der Waals surface area contributed by atoms with Crippen molar-refractivity contribution in [2.45, 2.75) is 13.8 Å². The van der Waals surface area contributed by atoms with Crippen molar-refractivity contribution in [1.29, 1.82) is 0 Å². The summed E-state index contributed by atoms with van der Waals surface area (Å²) in [5.74, 6) is 0.0137. The Labute approximate surface area is 161 Å². The summed E-state index contributed by atoms with van der Waals surface area (Å²) >= 11 is 1.55. The zero-order valence-electron chi connectivity index (χ0n) is 15.5. The lowest BCUT2D eigenvalue weighted by atomic mass is 10.1. The lowest BCUT2D eigenvalue weighted by molar-refractivity contribution is 0.0390. The highest BCUT2D eigenvalue weighted by molar-refractivity contribution is 7.22. The number of ether oxygens (including phenoxy) is 1. The molecule has 0 bridgehead atoms. The molecule has 0 radical (unpaired) electrons. The fourth-order valence-corrected chi connectivity index (χ4v) is 4.31. The van der Waals surface area contributed by atoms with Gasteiger partial charge in [0.1, 0.15) is 0 Å². The molecular weight excluding hydrogens is 364 g/mol. The number of carbonyl (C=O) groups excluding carboxylic acids is 1. The van der Waals surface area contributed by atoms with E-state index in [0.29, 0.717) is 11.7 Å². The number of hydrogen-bond acceptors (Lipinski definition) is 7. The maximum absolute atomic E-state index is 13.0. The van der Waals surface area contributed by atoms with Crippen molar-refractivity contribution in [2.24, 2.45) is 0 Å². The van der Waals surface area contributed by atoms with Gasteiger partial charge < -0.3 is 9.26 Å². The van der Waals surface area contributed by atoms with Gasteiger partial charge in [-0.05, 0) is 25.0 Å². The van der Waals surface area contributed by atoms with Crippen LogP contribution in [0.4, 0.5) is 5.13 Å². The monoisotopic (exact) mass is 386 g/mol. The molecule has 0 saturated carbocycles. The van der Waals surface area contributed by atoms with Crippen molar-refractivity contribution in [3.63, 3.8) is 0 Å². The van der Waals surface area contributed by atoms with E-state index in [1.54, 1.807) is 22.3 Å². The number of benzene rings is 1. The summed E-state index contributed by atoms with van der Waals surface area (Å²) < 4.78 is 11.6. The van der Waals surface area contributed by atoms with Crippen LogP contribution in [0.1, 0.15) is 21.7 Å². The average molecular weight is 386 g/mol. The molecule has 7 nitrogen and oxygen atoms in total. The van der Waals surface area contributed by atoms with E-state index in [0.717, 1.165) is 48.6 Å². The molecule has 8 heteroatoms. The Morgan fingerprint density at radius 1 is 1.22 bits per heavy atom. The van der Waals surface area contributed by atoms with Crippen LogP contribution in [0.2, 0.25) is 0 Å². The van der Waals surface area contributed by atoms with Crippen LogP contribution in [0.25, 0.3) is 10.2 Å². The molecule has 2 aromatic heterocycles. The molecule has 1 aliphatic heterocycles. The van der Waals surface area contributed by atoms with E-state index in [-0.39, 0.29) is 11.7 Å². The van der Waals surface area contributed by atoms with Crippen molar-refractivity contribution in [2.75, 3.05) is 44.3 Å². The summed E-state index contributed by atoms with van der Waals surface area (Å²) in [5.41, 5.74) is 3.23. The van der Waals surface area contributed by atoms with Gasteiger partial charge in [0.2, 0.25) is 5.76 Å². The van der Waals surface area contributed by atoms with Crippen LogP contribution < -0.4 is 4.90 Å². The predicted molar refractivity (Wildman–Crippen MR) is 105 cm³/mol. The molecule has 1 fully saturated rings. The molecule has 0 N–H and O–H groups in total. The molecule has 4 rings (SSSR count). The first-order chi connectivity index (χ1) is 13.1. The second-order valence-corrected chi connectivity index (χ2v) is 7.64. The van der Waals surface area contributed by atoms with Gasteiger partial charge in [0.15, 0.2) is 5.13 Å². The summed E-state index contributed by atoms with van der Waals surface area (Å²) in [4.78, 5) is 21.8. The summed E-state index contributed by atoms with van der Waals surface area (Å²) in [6.45, 7) is 8.63. The van der Waals surface area contributed by atoms with Gasteiger partial charge in [-0.2, -0.15) is 0 Å². The second-order valence-electron chi connectivity index (χ2n) is 6.66. The van der Waals surface area contributed by atoms with Crippen LogP contribution in [-0.4, -0.2) is 60.3 Å². The van der Waals surface area contributed by atoms with Gasteiger partial charge in [0, 0.05) is 32.2 Å². The van der Waals surface area contributed by atoms with Gasteiger partial charge in [0.05, 0.1) is 29.6 Å². The molecule has 0 spiro atoms. The van der Waals surface area contributed by atoms with Crippen LogP contribution >= 0.6 is 11.3 Å². The van der Waals surface area contributed by atoms with Crippen LogP contribution in [0, 0.1) is 13.8 Å². The summed E-state index contributed by atoms with van der Waals surface area (Å²) in [6, 6.07) is 5.75. The molecule has 0 unspecified atom stereocenters. The predicted octanol–water partition coefficient (Wildman–Crippen LogP) is 2.88. The first kappa shape index (κ1) is 18.1. The van der Waals surface area contributed by atoms with Crippen LogP contribution in [0.3, 0.4) is 0 Å². The standard InChI is InChI=1S/C19H22N4O3S/c1-13-3-4-14(2)17-16(13)21-19(27-17)23(18(24)15-5-6-20-26-15)8-7-22-9-11-25-12-10-22/h3-6H,7-12H2,1-2H3. The van der Waals surface area contributed by atoms with E-state index in [1.807, 2.05) is 6.92 Å². The second kappa shape index (κ2) is 7.75. The largest absolute Gasteiger partial charge is 0.379 e. The average Bonchev–Trinajstić information content (AvgIpc) is 3.36. The van der Waals surface area contributed by atoms with Crippen molar-refractivity contribution < 1.29 is 14.1 Å². The van der Waals surface area contributed by atoms with E-state index in [1.165, 1.54) is 11.8 Å². The first-order valence-corrected chi connectivity index (χ1v) is 9.84. The number of hydrogen-bond donors (Lipinski definition) is 0. The van der Waals surface area contributed by atoms with Gasteiger partial charge >= 0.3 is 0 Å². The van der Waals surface area contributed by atoms with Gasteiger partial charge in [-0.15, -0.1) is 0 Å². The Kier molecular flexibility index (Phi) is 5.20. The normalized spacial score (nSPS) is 15.3. The Morgan fingerprint density at radius 3 is 2.70 bits per heavy atom. The molecular formula is C19H22N4O3S. The molecule has 142 valence electrons. The third-order valence-corrected chi connectivity index (χ3v) is 6.01. The summed E-state index contributed by atoms with van der Waals surface area (Å²) in [5, 5.41) is 4.37. The Balaban J connectivity index is 1.65. The van der Waals surface area contributed by atoms with E-state index in [9.17, 15) is 4.79 Å². The smallest absolute Gasteiger partial charge is 0.298 e. The number of nitrogens with zero attached hydrogens (tertiary/aromatic N) is 4. The topological polar surface area (TPSA) is 71.7 Å². The van der Waals surface area contributed by atoms with Gasteiger partial charge in [-0.1, -0.05) is 28.6 Å². The van der Waals surface area contributed by atoms with Crippen molar-refractivity contribution in [3.8, 4) is 0 Å². The van der Waals surface area contributed by atoms with Gasteiger partial charge in [-0.25, -0.2) is 4.98 Å². The number of aromatic nitrogens is 2. The Morgan fingerprint density at radius 2 is 2.00 bits per heavy atom. The number of morpholine rings is 1. The van der Waals surface area contributed by atoms with Crippen molar-refractivity contribution in [3.05, 3.63) is 41.3 Å². The fraction of sp³-hybridized carbons (Fsp3) is 0.421.